The Morgan fingerprint density at radius 1 is 1.26 bits per heavy atom. The van der Waals surface area contributed by atoms with Crippen molar-refractivity contribution in [2.24, 2.45) is 0 Å². The van der Waals surface area contributed by atoms with Crippen LogP contribution in [-0.4, -0.2) is 75.1 Å². The predicted molar refractivity (Wildman–Crippen MR) is 120 cm³/mol. The highest BCUT2D eigenvalue weighted by Gasteiger charge is 2.46. The third-order valence-electron chi connectivity index (χ3n) is 5.22. The van der Waals surface area contributed by atoms with Gasteiger partial charge in [0.2, 0.25) is 0 Å². The molecule has 5 N–H and O–H groups in total. The van der Waals surface area contributed by atoms with Crippen LogP contribution in [0.25, 0.3) is 11.2 Å². The van der Waals surface area contributed by atoms with E-state index in [0.29, 0.717) is 12.2 Å². The minimum Gasteiger partial charge on any atom is -0.387 e. The number of thioether (sulfide) groups is 1. The van der Waals surface area contributed by atoms with Gasteiger partial charge >= 0.3 is 7.82 Å². The van der Waals surface area contributed by atoms with Crippen molar-refractivity contribution < 1.29 is 38.7 Å². The Kier molecular flexibility index (Phi) is 7.35. The second kappa shape index (κ2) is 10.1. The van der Waals surface area contributed by atoms with Crippen LogP contribution in [-0.2, 0) is 20.2 Å². The van der Waals surface area contributed by atoms with Crippen LogP contribution < -0.4 is 5.56 Å². The zero-order valence-corrected chi connectivity index (χ0v) is 19.4. The number of rotatable bonds is 9. The van der Waals surface area contributed by atoms with Gasteiger partial charge in [0.25, 0.3) is 11.2 Å². The molecule has 188 valence electrons. The smallest absolute Gasteiger partial charge is 0.387 e. The molecule has 1 aromatic carbocycles. The standard InChI is InChI=1S/C18H20N5O10PS/c24-13-11(7-32-34(29,30)31)33-17(14(13)25)22-15-12(16(26)20-8-19-15)21-18(22)35-6-5-9-1-3-10(4-2-9)23(27)28/h1-4,8,11,13-14,17,24-25H,5-7H2,(H,19,20,26)(H2,29,30,31)/t11-,13-,14-,17?/m1/s1. The van der Waals surface area contributed by atoms with Crippen molar-refractivity contribution >= 4 is 36.4 Å². The Morgan fingerprint density at radius 3 is 2.63 bits per heavy atom. The van der Waals surface area contributed by atoms with Crippen LogP contribution >= 0.6 is 19.6 Å². The largest absolute Gasteiger partial charge is 0.469 e. The number of aromatic amines is 1. The number of nitro groups is 1. The van der Waals surface area contributed by atoms with Crippen LogP contribution in [0.5, 0.6) is 0 Å². The van der Waals surface area contributed by atoms with Crippen LogP contribution in [0.15, 0.2) is 40.5 Å². The monoisotopic (exact) mass is 529 g/mol. The molecule has 0 aliphatic carbocycles. The Morgan fingerprint density at radius 2 is 1.97 bits per heavy atom. The molecule has 1 unspecified atom stereocenters. The zero-order chi connectivity index (χ0) is 25.3. The lowest BCUT2D eigenvalue weighted by atomic mass is 10.1. The van der Waals surface area contributed by atoms with Gasteiger partial charge in [-0.25, -0.2) is 14.5 Å². The molecule has 0 saturated carbocycles. The number of phosphoric acid groups is 1. The van der Waals surface area contributed by atoms with E-state index in [-0.39, 0.29) is 22.0 Å². The van der Waals surface area contributed by atoms with Crippen molar-refractivity contribution in [2.75, 3.05) is 12.4 Å². The quantitative estimate of drug-likeness (QED) is 0.107. The highest BCUT2D eigenvalue weighted by molar-refractivity contribution is 7.99. The average Bonchev–Trinajstić information content (AvgIpc) is 3.30. The molecule has 17 heteroatoms. The van der Waals surface area contributed by atoms with Gasteiger partial charge in [-0.15, -0.1) is 0 Å². The van der Waals surface area contributed by atoms with E-state index in [1.165, 1.54) is 28.5 Å². The Bertz CT molecular complexity index is 1330. The molecule has 35 heavy (non-hydrogen) atoms. The summed E-state index contributed by atoms with van der Waals surface area (Å²) in [5.41, 5.74) is 0.283. The SMILES string of the molecule is O=c1[nH]cnc2c1nc(SCCc1ccc([N+](=O)[O-])cc1)n2C1O[C@H](COP(=O)(O)O)[C@@H](O)[C@H]1O. The fraction of sp³-hybridized carbons (Fsp3) is 0.389. The number of fused-ring (bicyclic) bond motifs is 1. The van der Waals surface area contributed by atoms with Crippen molar-refractivity contribution in [3.63, 3.8) is 0 Å². The molecule has 1 saturated heterocycles. The highest BCUT2D eigenvalue weighted by Crippen LogP contribution is 2.39. The summed E-state index contributed by atoms with van der Waals surface area (Å²) in [6.45, 7) is -0.692. The maximum absolute atomic E-state index is 12.3. The van der Waals surface area contributed by atoms with Gasteiger partial charge in [-0.2, -0.15) is 0 Å². The number of aliphatic hydroxyl groups is 2. The van der Waals surface area contributed by atoms with Crippen molar-refractivity contribution in [1.29, 1.82) is 0 Å². The van der Waals surface area contributed by atoms with Crippen LogP contribution in [0.2, 0.25) is 0 Å². The number of aliphatic hydroxyl groups excluding tert-OH is 2. The van der Waals surface area contributed by atoms with Gasteiger partial charge in [-0.3, -0.25) is 24.0 Å². The number of aromatic nitrogens is 4. The third-order valence-corrected chi connectivity index (χ3v) is 6.66. The summed E-state index contributed by atoms with van der Waals surface area (Å²) in [7, 11) is -4.84. The van der Waals surface area contributed by atoms with Crippen LogP contribution in [0, 0.1) is 10.1 Å². The maximum Gasteiger partial charge on any atom is 0.469 e. The molecule has 4 atom stereocenters. The molecular formula is C18H20N5O10PS. The third kappa shape index (κ3) is 5.60. The molecule has 1 aliphatic heterocycles. The topological polar surface area (TPSA) is 223 Å². The first-order valence-corrected chi connectivity index (χ1v) is 12.6. The molecular weight excluding hydrogens is 509 g/mol. The van der Waals surface area contributed by atoms with Gasteiger partial charge in [-0.1, -0.05) is 23.9 Å². The summed E-state index contributed by atoms with van der Waals surface area (Å²) in [6, 6.07) is 6.03. The molecule has 0 spiro atoms. The first-order valence-electron chi connectivity index (χ1n) is 10.1. The molecule has 3 aromatic rings. The van der Waals surface area contributed by atoms with E-state index < -0.39 is 49.5 Å². The molecule has 0 radical (unpaired) electrons. The Balaban J connectivity index is 1.57. The molecule has 4 rings (SSSR count). The number of nitro benzene ring substituents is 1. The van der Waals surface area contributed by atoms with Crippen LogP contribution in [0.4, 0.5) is 5.69 Å². The minimum absolute atomic E-state index is 0.0308. The van der Waals surface area contributed by atoms with E-state index in [1.807, 2.05) is 0 Å². The summed E-state index contributed by atoms with van der Waals surface area (Å²) < 4.78 is 22.4. The van der Waals surface area contributed by atoms with Gasteiger partial charge < -0.3 is 29.7 Å². The van der Waals surface area contributed by atoms with E-state index in [2.05, 4.69) is 19.5 Å². The number of hydrogen-bond donors (Lipinski definition) is 5. The second-order valence-corrected chi connectivity index (χ2v) is 9.82. The summed E-state index contributed by atoms with van der Waals surface area (Å²) in [6.07, 6.45) is -4.03. The van der Waals surface area contributed by atoms with Gasteiger partial charge in [0.15, 0.2) is 22.5 Å². The first kappa shape index (κ1) is 25.4. The summed E-state index contributed by atoms with van der Waals surface area (Å²) in [5.74, 6) is 0.426. The van der Waals surface area contributed by atoms with Crippen molar-refractivity contribution in [2.45, 2.75) is 36.1 Å². The number of non-ortho nitro benzene ring substituents is 1. The van der Waals surface area contributed by atoms with Gasteiger partial charge in [0.1, 0.15) is 18.3 Å². The predicted octanol–water partition coefficient (Wildman–Crippen LogP) is 0.0911. The fourth-order valence-electron chi connectivity index (χ4n) is 3.53. The number of hydrogen-bond acceptors (Lipinski definition) is 11. The van der Waals surface area contributed by atoms with E-state index >= 15 is 0 Å². The number of aryl methyl sites for hydroxylation is 1. The lowest BCUT2D eigenvalue weighted by Gasteiger charge is -2.19. The number of nitrogens with one attached hydrogen (secondary N) is 1. The van der Waals surface area contributed by atoms with Crippen molar-refractivity contribution in [3.8, 4) is 0 Å². The van der Waals surface area contributed by atoms with Gasteiger partial charge in [0, 0.05) is 17.9 Å². The van der Waals surface area contributed by atoms with E-state index in [0.717, 1.165) is 11.9 Å². The van der Waals surface area contributed by atoms with E-state index in [4.69, 9.17) is 14.5 Å². The fourth-order valence-corrected chi connectivity index (χ4v) is 4.87. The molecule has 2 aromatic heterocycles. The molecule has 0 amide bonds. The van der Waals surface area contributed by atoms with Crippen molar-refractivity contribution in [1.82, 2.24) is 19.5 Å². The molecule has 1 fully saturated rings. The van der Waals surface area contributed by atoms with E-state index in [9.17, 15) is 29.7 Å². The number of ether oxygens (including phenoxy) is 1. The average molecular weight is 529 g/mol. The number of H-pyrrole nitrogens is 1. The molecule has 15 nitrogen and oxygen atoms in total. The second-order valence-electron chi connectivity index (χ2n) is 7.52. The molecule has 0 bridgehead atoms. The molecule has 1 aliphatic rings. The highest BCUT2D eigenvalue weighted by atomic mass is 32.2. The zero-order valence-electron chi connectivity index (χ0n) is 17.7. The number of benzene rings is 1. The van der Waals surface area contributed by atoms with Gasteiger partial charge in [-0.05, 0) is 12.0 Å². The Hall–Kier alpha value is -2.69. The summed E-state index contributed by atoms with van der Waals surface area (Å²) in [4.78, 5) is 51.2. The lowest BCUT2D eigenvalue weighted by Crippen LogP contribution is -2.33. The number of nitrogens with zero attached hydrogens (tertiary/aromatic N) is 4. The number of imidazole rings is 1. The summed E-state index contributed by atoms with van der Waals surface area (Å²) in [5, 5.41) is 32.0. The lowest BCUT2D eigenvalue weighted by molar-refractivity contribution is -0.384. The Labute approximate surface area is 200 Å². The maximum atomic E-state index is 12.3. The van der Waals surface area contributed by atoms with Gasteiger partial charge in [0.05, 0.1) is 17.9 Å². The van der Waals surface area contributed by atoms with E-state index in [1.54, 1.807) is 12.1 Å². The molecule has 3 heterocycles. The van der Waals surface area contributed by atoms with Crippen LogP contribution in [0.3, 0.4) is 0 Å². The van der Waals surface area contributed by atoms with Crippen LogP contribution in [0.1, 0.15) is 11.8 Å². The minimum atomic E-state index is -4.84. The normalized spacial score (nSPS) is 22.6. The number of phosphoric ester groups is 1. The summed E-state index contributed by atoms with van der Waals surface area (Å²) >= 11 is 1.19. The first-order chi connectivity index (χ1) is 16.5. The van der Waals surface area contributed by atoms with Crippen molar-refractivity contribution in [3.05, 3.63) is 56.6 Å².